The topological polar surface area (TPSA) is 46.1 Å². The van der Waals surface area contributed by atoms with E-state index in [9.17, 15) is 4.21 Å². The zero-order valence-corrected chi connectivity index (χ0v) is 14.0. The van der Waals surface area contributed by atoms with Gasteiger partial charge in [0, 0.05) is 46.5 Å². The van der Waals surface area contributed by atoms with Crippen LogP contribution in [0.5, 0.6) is 0 Å². The van der Waals surface area contributed by atoms with Gasteiger partial charge in [-0.25, -0.2) is 9.97 Å². The first-order valence-corrected chi connectivity index (χ1v) is 9.27. The molecule has 2 aromatic rings. The molecule has 0 bridgehead atoms. The predicted molar refractivity (Wildman–Crippen MR) is 91.9 cm³/mol. The molecule has 4 nitrogen and oxygen atoms in total. The number of rotatable bonds is 3. The first kappa shape index (κ1) is 15.4. The van der Waals surface area contributed by atoms with E-state index in [1.165, 1.54) is 0 Å². The molecule has 2 heterocycles. The Balaban J connectivity index is 2.03. The fraction of sp³-hybridized carbons (Fsp3) is 0.375. The lowest BCUT2D eigenvalue weighted by atomic mass is 10.2. The SMILES string of the molecule is CCc1c(Cl)nc(-c2ccccc2)nc1N1CCS(=O)CC1. The second-order valence-electron chi connectivity index (χ2n) is 5.19. The maximum Gasteiger partial charge on any atom is 0.163 e. The Hall–Kier alpha value is -1.46. The lowest BCUT2D eigenvalue weighted by Crippen LogP contribution is -2.39. The number of hydrogen-bond acceptors (Lipinski definition) is 4. The summed E-state index contributed by atoms with van der Waals surface area (Å²) in [5, 5.41) is 0.512. The van der Waals surface area contributed by atoms with Crippen molar-refractivity contribution in [1.29, 1.82) is 0 Å². The van der Waals surface area contributed by atoms with Crippen LogP contribution in [0.3, 0.4) is 0 Å². The van der Waals surface area contributed by atoms with Crippen molar-refractivity contribution in [3.8, 4) is 11.4 Å². The van der Waals surface area contributed by atoms with E-state index in [0.717, 1.165) is 36.5 Å². The van der Waals surface area contributed by atoms with Crippen molar-refractivity contribution >= 4 is 28.2 Å². The van der Waals surface area contributed by atoms with Crippen LogP contribution in [0.4, 0.5) is 5.82 Å². The molecule has 116 valence electrons. The molecule has 1 aromatic carbocycles. The minimum absolute atomic E-state index is 0.512. The highest BCUT2D eigenvalue weighted by Gasteiger charge is 2.22. The Labute approximate surface area is 138 Å². The van der Waals surface area contributed by atoms with Crippen LogP contribution in [-0.4, -0.2) is 38.8 Å². The molecule has 3 rings (SSSR count). The molecule has 1 aromatic heterocycles. The Morgan fingerprint density at radius 1 is 1.18 bits per heavy atom. The van der Waals surface area contributed by atoms with Crippen LogP contribution in [0.25, 0.3) is 11.4 Å². The van der Waals surface area contributed by atoms with Crippen LogP contribution < -0.4 is 4.90 Å². The molecule has 0 N–H and O–H groups in total. The molecule has 1 aliphatic heterocycles. The third-order valence-electron chi connectivity index (χ3n) is 3.80. The summed E-state index contributed by atoms with van der Waals surface area (Å²) in [6, 6.07) is 9.85. The number of halogens is 1. The molecule has 0 atom stereocenters. The van der Waals surface area contributed by atoms with E-state index in [1.807, 2.05) is 30.3 Å². The van der Waals surface area contributed by atoms with E-state index in [0.29, 0.717) is 22.5 Å². The third-order valence-corrected chi connectivity index (χ3v) is 5.39. The van der Waals surface area contributed by atoms with Crippen LogP contribution in [0.15, 0.2) is 30.3 Å². The number of nitrogens with zero attached hydrogens (tertiary/aromatic N) is 3. The Kier molecular flexibility index (Phi) is 4.74. The van der Waals surface area contributed by atoms with E-state index in [-0.39, 0.29) is 0 Å². The summed E-state index contributed by atoms with van der Waals surface area (Å²) in [5.74, 6) is 2.90. The molecule has 1 fully saturated rings. The number of benzene rings is 1. The largest absolute Gasteiger partial charge is 0.354 e. The molecule has 22 heavy (non-hydrogen) atoms. The molecular formula is C16H18ClN3OS. The summed E-state index contributed by atoms with van der Waals surface area (Å²) >= 11 is 6.39. The van der Waals surface area contributed by atoms with Crippen LogP contribution >= 0.6 is 11.6 Å². The summed E-state index contributed by atoms with van der Waals surface area (Å²) in [7, 11) is -0.708. The summed E-state index contributed by atoms with van der Waals surface area (Å²) in [6.45, 7) is 3.56. The molecule has 0 saturated carbocycles. The van der Waals surface area contributed by atoms with Gasteiger partial charge in [0.05, 0.1) is 0 Å². The first-order chi connectivity index (χ1) is 10.7. The van der Waals surface area contributed by atoms with Gasteiger partial charge in [-0.3, -0.25) is 4.21 Å². The Morgan fingerprint density at radius 3 is 2.50 bits per heavy atom. The fourth-order valence-corrected chi connectivity index (χ4v) is 3.93. The summed E-state index contributed by atoms with van der Waals surface area (Å²) < 4.78 is 11.6. The van der Waals surface area contributed by atoms with Gasteiger partial charge in [-0.15, -0.1) is 0 Å². The normalized spacial score (nSPS) is 16.0. The maximum absolute atomic E-state index is 11.6. The summed E-state index contributed by atoms with van der Waals surface area (Å²) in [6.07, 6.45) is 0.781. The van der Waals surface area contributed by atoms with E-state index in [4.69, 9.17) is 16.6 Å². The van der Waals surface area contributed by atoms with Crippen molar-refractivity contribution in [3.63, 3.8) is 0 Å². The van der Waals surface area contributed by atoms with E-state index >= 15 is 0 Å². The Morgan fingerprint density at radius 2 is 1.86 bits per heavy atom. The smallest absolute Gasteiger partial charge is 0.163 e. The van der Waals surface area contributed by atoms with Gasteiger partial charge in [-0.1, -0.05) is 48.9 Å². The molecule has 0 aliphatic carbocycles. The molecular weight excluding hydrogens is 318 g/mol. The lowest BCUT2D eigenvalue weighted by molar-refractivity contribution is 0.672. The predicted octanol–water partition coefficient (Wildman–Crippen LogP) is 2.93. The standard InChI is InChI=1S/C16H18ClN3OS/c1-2-13-14(17)18-15(12-6-4-3-5-7-12)19-16(13)20-8-10-22(21)11-9-20/h3-7H,2,8-11H2,1H3. The number of hydrogen-bond donors (Lipinski definition) is 0. The van der Waals surface area contributed by atoms with Gasteiger partial charge in [0.15, 0.2) is 5.82 Å². The van der Waals surface area contributed by atoms with Crippen molar-refractivity contribution in [2.75, 3.05) is 29.5 Å². The second kappa shape index (κ2) is 6.75. The summed E-state index contributed by atoms with van der Waals surface area (Å²) in [5.41, 5.74) is 1.92. The van der Waals surface area contributed by atoms with Gasteiger partial charge in [-0.05, 0) is 6.42 Å². The van der Waals surface area contributed by atoms with Crippen molar-refractivity contribution in [2.45, 2.75) is 13.3 Å². The minimum atomic E-state index is -0.708. The average molecular weight is 336 g/mol. The molecule has 0 radical (unpaired) electrons. The zero-order valence-electron chi connectivity index (χ0n) is 12.5. The van der Waals surface area contributed by atoms with Gasteiger partial charge >= 0.3 is 0 Å². The van der Waals surface area contributed by atoms with E-state index in [1.54, 1.807) is 0 Å². The fourth-order valence-electron chi connectivity index (χ4n) is 2.58. The monoisotopic (exact) mass is 335 g/mol. The van der Waals surface area contributed by atoms with Crippen molar-refractivity contribution < 1.29 is 4.21 Å². The van der Waals surface area contributed by atoms with Gasteiger partial charge in [0.2, 0.25) is 0 Å². The highest BCUT2D eigenvalue weighted by Crippen LogP contribution is 2.29. The van der Waals surface area contributed by atoms with Gasteiger partial charge < -0.3 is 4.90 Å². The van der Waals surface area contributed by atoms with Crippen molar-refractivity contribution in [3.05, 3.63) is 41.0 Å². The van der Waals surface area contributed by atoms with Crippen LogP contribution in [0, 0.1) is 0 Å². The third kappa shape index (κ3) is 3.15. The molecule has 1 saturated heterocycles. The summed E-state index contributed by atoms with van der Waals surface area (Å²) in [4.78, 5) is 11.4. The van der Waals surface area contributed by atoms with Gasteiger partial charge in [-0.2, -0.15) is 0 Å². The second-order valence-corrected chi connectivity index (χ2v) is 7.25. The quantitative estimate of drug-likeness (QED) is 0.809. The highest BCUT2D eigenvalue weighted by atomic mass is 35.5. The minimum Gasteiger partial charge on any atom is -0.354 e. The molecule has 1 aliphatic rings. The van der Waals surface area contributed by atoms with E-state index < -0.39 is 10.8 Å². The molecule has 0 amide bonds. The lowest BCUT2D eigenvalue weighted by Gasteiger charge is -2.29. The highest BCUT2D eigenvalue weighted by molar-refractivity contribution is 7.85. The maximum atomic E-state index is 11.6. The zero-order chi connectivity index (χ0) is 15.5. The molecule has 0 unspecified atom stereocenters. The molecule has 6 heteroatoms. The van der Waals surface area contributed by atoms with Crippen molar-refractivity contribution in [2.24, 2.45) is 0 Å². The van der Waals surface area contributed by atoms with Gasteiger partial charge in [0.25, 0.3) is 0 Å². The first-order valence-electron chi connectivity index (χ1n) is 7.40. The molecule has 0 spiro atoms. The average Bonchev–Trinajstić information content (AvgIpc) is 2.55. The van der Waals surface area contributed by atoms with Crippen LogP contribution in [0.2, 0.25) is 5.15 Å². The van der Waals surface area contributed by atoms with Crippen molar-refractivity contribution in [1.82, 2.24) is 9.97 Å². The number of anilines is 1. The van der Waals surface area contributed by atoms with Crippen LogP contribution in [0.1, 0.15) is 12.5 Å². The Bertz CT molecular complexity index is 683. The number of aromatic nitrogens is 2. The van der Waals surface area contributed by atoms with Crippen LogP contribution in [-0.2, 0) is 17.2 Å². The van der Waals surface area contributed by atoms with E-state index in [2.05, 4.69) is 16.8 Å². The van der Waals surface area contributed by atoms with Gasteiger partial charge in [0.1, 0.15) is 11.0 Å².